The zero-order valence-corrected chi connectivity index (χ0v) is 32.3. The van der Waals surface area contributed by atoms with Gasteiger partial charge in [-0.05, 0) is 134 Å². The first-order chi connectivity index (χ1) is 29.2. The number of rotatable bonds is 4. The van der Waals surface area contributed by atoms with Crippen molar-refractivity contribution in [3.05, 3.63) is 206 Å². The summed E-state index contributed by atoms with van der Waals surface area (Å²) in [6, 6.07) is 71.6. The van der Waals surface area contributed by atoms with Crippen LogP contribution in [0.15, 0.2) is 200 Å². The average molecular weight is 757 g/mol. The third-order valence-electron chi connectivity index (χ3n) is 11.9. The van der Waals surface area contributed by atoms with Crippen molar-refractivity contribution in [3.63, 3.8) is 0 Å². The molecule has 0 N–H and O–H groups in total. The van der Waals surface area contributed by atoms with E-state index in [1.54, 1.807) is 0 Å². The first-order valence-electron chi connectivity index (χ1n) is 20.1. The smallest absolute Gasteiger partial charge is 0.151 e. The Hall–Kier alpha value is -7.82. The van der Waals surface area contributed by atoms with Crippen LogP contribution in [0.5, 0.6) is 23.0 Å². The van der Waals surface area contributed by atoms with Gasteiger partial charge in [-0.1, -0.05) is 133 Å². The Morgan fingerprint density at radius 3 is 1.32 bits per heavy atom. The van der Waals surface area contributed by atoms with Gasteiger partial charge in [-0.15, -0.1) is 0 Å². The normalized spacial score (nSPS) is 12.7. The quantitative estimate of drug-likeness (QED) is 0.167. The molecule has 0 aromatic heterocycles. The van der Waals surface area contributed by atoms with Crippen molar-refractivity contribution in [1.82, 2.24) is 0 Å². The molecule has 0 amide bonds. The molecule has 0 bridgehead atoms. The van der Waals surface area contributed by atoms with Crippen molar-refractivity contribution in [2.24, 2.45) is 0 Å². The van der Waals surface area contributed by atoms with Crippen LogP contribution in [0.4, 0.5) is 34.1 Å². The molecule has 0 atom stereocenters. The summed E-state index contributed by atoms with van der Waals surface area (Å²) >= 11 is 0. The van der Waals surface area contributed by atoms with Gasteiger partial charge < -0.3 is 19.3 Å². The largest absolute Gasteiger partial charge is 0.453 e. The van der Waals surface area contributed by atoms with E-state index in [1.807, 2.05) is 48.5 Å². The fourth-order valence-electron chi connectivity index (χ4n) is 9.21. The maximum atomic E-state index is 6.45. The first kappa shape index (κ1) is 33.3. The van der Waals surface area contributed by atoms with Gasteiger partial charge in [0.1, 0.15) is 0 Å². The first-order valence-corrected chi connectivity index (χ1v) is 20.1. The summed E-state index contributed by atoms with van der Waals surface area (Å²) in [7, 11) is 0. The van der Waals surface area contributed by atoms with Gasteiger partial charge in [0.15, 0.2) is 23.0 Å². The number of anilines is 6. The number of ether oxygens (including phenoxy) is 2. The number of benzene rings is 10. The molecule has 59 heavy (non-hydrogen) atoms. The number of aryl methyl sites for hydroxylation is 1. The highest BCUT2D eigenvalue weighted by Gasteiger charge is 2.29. The molecule has 0 aliphatic carbocycles. The highest BCUT2D eigenvalue weighted by atomic mass is 16.5. The summed E-state index contributed by atoms with van der Waals surface area (Å²) in [5, 5.41) is 7.15. The third kappa shape index (κ3) is 5.23. The fourth-order valence-corrected chi connectivity index (χ4v) is 9.21. The summed E-state index contributed by atoms with van der Waals surface area (Å²) < 4.78 is 12.9. The van der Waals surface area contributed by atoms with Crippen molar-refractivity contribution < 1.29 is 9.47 Å². The number of nitrogens with zero attached hydrogens (tertiary/aromatic N) is 2. The molecule has 0 radical (unpaired) electrons. The summed E-state index contributed by atoms with van der Waals surface area (Å²) in [6.07, 6.45) is 0. The van der Waals surface area contributed by atoms with Crippen LogP contribution in [-0.2, 0) is 0 Å². The highest BCUT2D eigenvalue weighted by molar-refractivity contribution is 6.24. The number of hydrogen-bond acceptors (Lipinski definition) is 4. The minimum Gasteiger partial charge on any atom is -0.453 e. The summed E-state index contributed by atoms with van der Waals surface area (Å²) in [6.45, 7) is 2.15. The minimum atomic E-state index is 0.832. The Morgan fingerprint density at radius 2 is 0.780 bits per heavy atom. The Kier molecular flexibility index (Phi) is 7.41. The van der Waals surface area contributed by atoms with E-state index in [0.29, 0.717) is 0 Å². The predicted molar refractivity (Wildman–Crippen MR) is 244 cm³/mol. The van der Waals surface area contributed by atoms with Crippen molar-refractivity contribution in [1.29, 1.82) is 0 Å². The molecule has 10 aromatic rings. The second kappa shape index (κ2) is 13.1. The Bertz CT molecular complexity index is 3220. The van der Waals surface area contributed by atoms with Gasteiger partial charge in [0.05, 0.1) is 22.7 Å². The number of para-hydroxylation sites is 8. The van der Waals surface area contributed by atoms with Crippen molar-refractivity contribution in [2.75, 3.05) is 9.80 Å². The summed E-state index contributed by atoms with van der Waals surface area (Å²) in [4.78, 5) is 4.68. The van der Waals surface area contributed by atoms with Crippen LogP contribution in [0, 0.1) is 6.92 Å². The van der Waals surface area contributed by atoms with Gasteiger partial charge in [-0.2, -0.15) is 0 Å². The molecule has 0 saturated heterocycles. The maximum absolute atomic E-state index is 6.45. The molecule has 0 saturated carbocycles. The van der Waals surface area contributed by atoms with E-state index in [-0.39, 0.29) is 0 Å². The molecule has 0 spiro atoms. The average Bonchev–Trinajstić information content (AvgIpc) is 3.29. The third-order valence-corrected chi connectivity index (χ3v) is 11.9. The molecule has 12 rings (SSSR count). The number of fused-ring (bicyclic) bond motifs is 7. The zero-order valence-electron chi connectivity index (χ0n) is 32.3. The molecule has 2 aliphatic heterocycles. The summed E-state index contributed by atoms with van der Waals surface area (Å²) in [5.41, 5.74) is 12.2. The van der Waals surface area contributed by atoms with Crippen LogP contribution in [-0.4, -0.2) is 0 Å². The fraction of sp³-hybridized carbons (Fsp3) is 0.0182. The van der Waals surface area contributed by atoms with Crippen LogP contribution in [0.2, 0.25) is 0 Å². The van der Waals surface area contributed by atoms with E-state index in [9.17, 15) is 0 Å². The van der Waals surface area contributed by atoms with Crippen LogP contribution in [0.3, 0.4) is 0 Å². The van der Waals surface area contributed by atoms with E-state index in [1.165, 1.54) is 60.1 Å². The summed E-state index contributed by atoms with van der Waals surface area (Å²) in [5.74, 6) is 3.33. The standard InChI is InChI=1S/C55H36N2O2/c1-35-25-27-37(28-26-35)54-42-31-29-39(57-48-19-6-10-23-52(48)59-53-24-11-7-20-49(53)57)34-45(42)55(41-16-12-14-36-13-2-3-15-40(36)41)43-32-30-38(33-44(43)54)56-46-17-4-8-21-50(46)58-51-22-9-5-18-47(51)56/h2-34H,1H3. The van der Waals surface area contributed by atoms with Gasteiger partial charge >= 0.3 is 0 Å². The van der Waals surface area contributed by atoms with Crippen LogP contribution < -0.4 is 19.3 Å². The van der Waals surface area contributed by atoms with Crippen LogP contribution >= 0.6 is 0 Å². The Balaban J connectivity index is 1.20. The predicted octanol–water partition coefficient (Wildman–Crippen LogP) is 15.9. The molecule has 278 valence electrons. The maximum Gasteiger partial charge on any atom is 0.151 e. The SMILES string of the molecule is Cc1ccc(-c2c3cc(N4c5ccccc5Oc5ccccc54)ccc3c(-c3cccc4ccccc34)c3cc(N4c5ccccc5Oc5ccccc54)ccc23)cc1. The molecular weight excluding hydrogens is 721 g/mol. The lowest BCUT2D eigenvalue weighted by molar-refractivity contribution is 0.477. The topological polar surface area (TPSA) is 24.9 Å². The van der Waals surface area contributed by atoms with Gasteiger partial charge in [-0.3, -0.25) is 0 Å². The van der Waals surface area contributed by atoms with E-state index in [0.717, 1.165) is 57.1 Å². The molecule has 4 heteroatoms. The molecular formula is C55H36N2O2. The Labute approximate surface area is 342 Å². The van der Waals surface area contributed by atoms with E-state index in [4.69, 9.17) is 9.47 Å². The molecule has 10 aromatic carbocycles. The van der Waals surface area contributed by atoms with E-state index >= 15 is 0 Å². The molecule has 2 heterocycles. The second-order valence-corrected chi connectivity index (χ2v) is 15.3. The zero-order chi connectivity index (χ0) is 39.0. The van der Waals surface area contributed by atoms with Gasteiger partial charge in [0.2, 0.25) is 0 Å². The Morgan fingerprint density at radius 1 is 0.339 bits per heavy atom. The molecule has 2 aliphatic rings. The van der Waals surface area contributed by atoms with Crippen molar-refractivity contribution >= 4 is 66.4 Å². The molecule has 0 fully saturated rings. The molecule has 0 unspecified atom stereocenters. The lowest BCUT2D eigenvalue weighted by Crippen LogP contribution is -2.16. The lowest BCUT2D eigenvalue weighted by atomic mass is 9.84. The van der Waals surface area contributed by atoms with Crippen LogP contribution in [0.1, 0.15) is 5.56 Å². The minimum absolute atomic E-state index is 0.832. The number of hydrogen-bond donors (Lipinski definition) is 0. The van der Waals surface area contributed by atoms with E-state index < -0.39 is 0 Å². The molecule has 4 nitrogen and oxygen atoms in total. The van der Waals surface area contributed by atoms with E-state index in [2.05, 4.69) is 168 Å². The van der Waals surface area contributed by atoms with Crippen LogP contribution in [0.25, 0.3) is 54.6 Å². The lowest BCUT2D eigenvalue weighted by Gasteiger charge is -2.33. The van der Waals surface area contributed by atoms with Crippen molar-refractivity contribution in [2.45, 2.75) is 6.92 Å². The van der Waals surface area contributed by atoms with Gasteiger partial charge in [0, 0.05) is 11.4 Å². The van der Waals surface area contributed by atoms with Gasteiger partial charge in [-0.25, -0.2) is 0 Å². The van der Waals surface area contributed by atoms with Crippen molar-refractivity contribution in [3.8, 4) is 45.3 Å². The highest BCUT2D eigenvalue weighted by Crippen LogP contribution is 2.55. The van der Waals surface area contributed by atoms with Gasteiger partial charge in [0.25, 0.3) is 0 Å². The second-order valence-electron chi connectivity index (χ2n) is 15.3. The monoisotopic (exact) mass is 756 g/mol.